The molecule has 0 radical (unpaired) electrons. The third kappa shape index (κ3) is 3.79. The molecular formula is C23H29ClFN3O2. The SMILES string of the molecule is CCOc1ccc(F)c(-c2cc([C@@H]3CC[C@]4(CCN(C)C4=O)N3)nc(C)c2C)c1.Cl. The lowest BCUT2D eigenvalue weighted by molar-refractivity contribution is -0.131. The quantitative estimate of drug-likeness (QED) is 0.778. The van der Waals surface area contributed by atoms with E-state index in [1.807, 2.05) is 33.9 Å². The van der Waals surface area contributed by atoms with Crippen molar-refractivity contribution in [3.8, 4) is 16.9 Å². The van der Waals surface area contributed by atoms with Crippen molar-refractivity contribution in [2.45, 2.75) is 51.6 Å². The number of aryl methyl sites for hydroxylation is 1. The highest BCUT2D eigenvalue weighted by Gasteiger charge is 2.50. The standard InChI is InChI=1S/C23H28FN3O2.ClH/c1-5-29-16-6-7-19(24)18(12-16)17-13-21(25-15(3)14(17)2)20-8-9-23(26-20)10-11-27(4)22(23)28;/h6-7,12-13,20,26H,5,8-11H2,1-4H3;1H/t20-,23+;/m0./s1. The maximum Gasteiger partial charge on any atom is 0.242 e. The van der Waals surface area contributed by atoms with E-state index < -0.39 is 5.54 Å². The van der Waals surface area contributed by atoms with Crippen LogP contribution in [0.2, 0.25) is 0 Å². The van der Waals surface area contributed by atoms with Crippen molar-refractivity contribution in [3.05, 3.63) is 47.0 Å². The molecule has 2 saturated heterocycles. The van der Waals surface area contributed by atoms with Crippen LogP contribution in [0.4, 0.5) is 4.39 Å². The van der Waals surface area contributed by atoms with Gasteiger partial charge in [0.25, 0.3) is 0 Å². The Balaban J connectivity index is 0.00000256. The van der Waals surface area contributed by atoms with Gasteiger partial charge in [-0.1, -0.05) is 0 Å². The first kappa shape index (κ1) is 22.5. The predicted molar refractivity (Wildman–Crippen MR) is 118 cm³/mol. The Bertz CT molecular complexity index is 968. The van der Waals surface area contributed by atoms with E-state index in [9.17, 15) is 9.18 Å². The fourth-order valence-electron chi connectivity index (χ4n) is 4.57. The summed E-state index contributed by atoms with van der Waals surface area (Å²) >= 11 is 0. The second-order valence-corrected chi connectivity index (χ2v) is 8.17. The molecule has 162 valence electrons. The fourth-order valence-corrected chi connectivity index (χ4v) is 4.57. The minimum Gasteiger partial charge on any atom is -0.494 e. The number of pyridine rings is 1. The average molecular weight is 434 g/mol. The number of benzene rings is 1. The van der Waals surface area contributed by atoms with Gasteiger partial charge in [-0.15, -0.1) is 12.4 Å². The Morgan fingerprint density at radius 3 is 2.70 bits per heavy atom. The van der Waals surface area contributed by atoms with Crippen molar-refractivity contribution in [1.82, 2.24) is 15.2 Å². The summed E-state index contributed by atoms with van der Waals surface area (Å²) in [7, 11) is 1.85. The van der Waals surface area contributed by atoms with Crippen LogP contribution in [-0.4, -0.2) is 41.5 Å². The van der Waals surface area contributed by atoms with Gasteiger partial charge in [0.05, 0.1) is 18.3 Å². The third-order valence-corrected chi connectivity index (χ3v) is 6.37. The van der Waals surface area contributed by atoms with Gasteiger partial charge >= 0.3 is 0 Å². The Morgan fingerprint density at radius 2 is 2.03 bits per heavy atom. The zero-order valence-electron chi connectivity index (χ0n) is 17.9. The van der Waals surface area contributed by atoms with Crippen LogP contribution < -0.4 is 10.1 Å². The number of ether oxygens (including phenoxy) is 1. The number of amides is 1. The minimum atomic E-state index is -0.472. The highest BCUT2D eigenvalue weighted by atomic mass is 35.5. The average Bonchev–Trinajstić information content (AvgIpc) is 3.26. The predicted octanol–water partition coefficient (Wildman–Crippen LogP) is 4.35. The number of hydrogen-bond acceptors (Lipinski definition) is 4. The first-order valence-corrected chi connectivity index (χ1v) is 10.3. The van der Waals surface area contributed by atoms with Crippen molar-refractivity contribution in [2.75, 3.05) is 20.2 Å². The van der Waals surface area contributed by atoms with E-state index in [1.54, 1.807) is 17.0 Å². The molecule has 7 heteroatoms. The van der Waals surface area contributed by atoms with E-state index in [2.05, 4.69) is 5.32 Å². The Hall–Kier alpha value is -2.18. The van der Waals surface area contributed by atoms with Gasteiger partial charge in [-0.25, -0.2) is 4.39 Å². The molecule has 1 aromatic heterocycles. The van der Waals surface area contributed by atoms with Crippen LogP contribution in [0.5, 0.6) is 5.75 Å². The smallest absolute Gasteiger partial charge is 0.242 e. The second kappa shape index (κ2) is 8.52. The topological polar surface area (TPSA) is 54.5 Å². The number of likely N-dealkylation sites (N-methyl/N-ethyl adjacent to an activating group) is 1. The number of carbonyl (C=O) groups excluding carboxylic acids is 1. The molecule has 0 bridgehead atoms. The largest absolute Gasteiger partial charge is 0.494 e. The number of nitrogens with zero attached hydrogens (tertiary/aromatic N) is 2. The molecule has 2 aliphatic rings. The first-order valence-electron chi connectivity index (χ1n) is 10.3. The molecule has 5 nitrogen and oxygen atoms in total. The summed E-state index contributed by atoms with van der Waals surface area (Å²) in [5, 5.41) is 3.56. The summed E-state index contributed by atoms with van der Waals surface area (Å²) in [6.45, 7) is 7.13. The second-order valence-electron chi connectivity index (χ2n) is 8.17. The van der Waals surface area contributed by atoms with Crippen LogP contribution in [-0.2, 0) is 4.79 Å². The summed E-state index contributed by atoms with van der Waals surface area (Å²) in [6.07, 6.45) is 2.47. The Morgan fingerprint density at radius 1 is 1.27 bits per heavy atom. The van der Waals surface area contributed by atoms with Gasteiger partial charge in [-0.3, -0.25) is 15.1 Å². The van der Waals surface area contributed by atoms with Crippen molar-refractivity contribution in [3.63, 3.8) is 0 Å². The number of likely N-dealkylation sites (tertiary alicyclic amines) is 1. The normalized spacial score (nSPS) is 23.2. The highest BCUT2D eigenvalue weighted by Crippen LogP contribution is 2.40. The summed E-state index contributed by atoms with van der Waals surface area (Å²) in [5.74, 6) is 0.535. The molecule has 2 atom stereocenters. The van der Waals surface area contributed by atoms with Crippen molar-refractivity contribution >= 4 is 18.3 Å². The molecule has 3 heterocycles. The van der Waals surface area contributed by atoms with E-state index in [0.29, 0.717) is 17.9 Å². The Kier molecular flexibility index (Phi) is 6.39. The number of rotatable bonds is 4. The molecule has 0 saturated carbocycles. The number of nitrogens with one attached hydrogen (secondary N) is 1. The zero-order valence-corrected chi connectivity index (χ0v) is 18.7. The summed E-state index contributed by atoms with van der Waals surface area (Å²) < 4.78 is 20.3. The molecule has 1 N–H and O–H groups in total. The van der Waals surface area contributed by atoms with Gasteiger partial charge in [0, 0.05) is 24.8 Å². The lowest BCUT2D eigenvalue weighted by Gasteiger charge is -2.24. The lowest BCUT2D eigenvalue weighted by atomic mass is 9.95. The Labute approximate surface area is 183 Å². The summed E-state index contributed by atoms with van der Waals surface area (Å²) in [5.41, 5.74) is 3.56. The molecular weight excluding hydrogens is 405 g/mol. The number of aromatic nitrogens is 1. The maximum atomic E-state index is 14.7. The van der Waals surface area contributed by atoms with Crippen LogP contribution in [0.1, 0.15) is 49.2 Å². The molecule has 4 rings (SSSR count). The van der Waals surface area contributed by atoms with E-state index in [-0.39, 0.29) is 30.2 Å². The van der Waals surface area contributed by atoms with Gasteiger partial charge in [0.15, 0.2) is 0 Å². The van der Waals surface area contributed by atoms with Gasteiger partial charge in [0.2, 0.25) is 5.91 Å². The highest BCUT2D eigenvalue weighted by molar-refractivity contribution is 5.88. The van der Waals surface area contributed by atoms with Gasteiger partial charge in [0.1, 0.15) is 17.1 Å². The van der Waals surface area contributed by atoms with E-state index in [1.165, 1.54) is 6.07 Å². The van der Waals surface area contributed by atoms with E-state index >= 15 is 0 Å². The van der Waals surface area contributed by atoms with Crippen LogP contribution in [0.25, 0.3) is 11.1 Å². The van der Waals surface area contributed by atoms with Crippen LogP contribution in [0, 0.1) is 19.7 Å². The molecule has 1 amide bonds. The third-order valence-electron chi connectivity index (χ3n) is 6.37. The first-order chi connectivity index (χ1) is 13.8. The zero-order chi connectivity index (χ0) is 20.8. The molecule has 0 aliphatic carbocycles. The molecule has 2 aliphatic heterocycles. The maximum absolute atomic E-state index is 14.7. The van der Waals surface area contributed by atoms with Crippen LogP contribution >= 0.6 is 12.4 Å². The molecule has 0 unspecified atom stereocenters. The van der Waals surface area contributed by atoms with E-state index in [0.717, 1.165) is 48.3 Å². The fraction of sp³-hybridized carbons (Fsp3) is 0.478. The molecule has 1 spiro atoms. The minimum absolute atomic E-state index is 0. The van der Waals surface area contributed by atoms with Crippen LogP contribution in [0.15, 0.2) is 24.3 Å². The molecule has 30 heavy (non-hydrogen) atoms. The van der Waals surface area contributed by atoms with Gasteiger partial charge in [-0.05, 0) is 75.4 Å². The van der Waals surface area contributed by atoms with Gasteiger partial charge in [-0.2, -0.15) is 0 Å². The molecule has 1 aromatic carbocycles. The number of carbonyl (C=O) groups is 1. The lowest BCUT2D eigenvalue weighted by Crippen LogP contribution is -2.47. The monoisotopic (exact) mass is 433 g/mol. The van der Waals surface area contributed by atoms with E-state index in [4.69, 9.17) is 9.72 Å². The summed E-state index contributed by atoms with van der Waals surface area (Å²) in [4.78, 5) is 19.2. The van der Waals surface area contributed by atoms with Crippen LogP contribution in [0.3, 0.4) is 0 Å². The van der Waals surface area contributed by atoms with Crippen molar-refractivity contribution in [2.24, 2.45) is 0 Å². The van der Waals surface area contributed by atoms with Crippen molar-refractivity contribution < 1.29 is 13.9 Å². The molecule has 2 aromatic rings. The number of halogens is 2. The summed E-state index contributed by atoms with van der Waals surface area (Å²) in [6, 6.07) is 6.81. The van der Waals surface area contributed by atoms with Gasteiger partial charge < -0.3 is 9.64 Å². The molecule has 2 fully saturated rings. The van der Waals surface area contributed by atoms with Crippen molar-refractivity contribution in [1.29, 1.82) is 0 Å². The number of hydrogen-bond donors (Lipinski definition) is 1.